The lowest BCUT2D eigenvalue weighted by Crippen LogP contribution is -2.42. The number of carbonyl (C=O) groups is 2. The van der Waals surface area contributed by atoms with Gasteiger partial charge in [0.25, 0.3) is 5.91 Å². The highest BCUT2D eigenvalue weighted by molar-refractivity contribution is 7.16. The number of carbonyl (C=O) groups excluding carboxylic acids is 2. The van der Waals surface area contributed by atoms with Crippen molar-refractivity contribution in [2.24, 2.45) is 11.7 Å². The molecule has 0 spiro atoms. The van der Waals surface area contributed by atoms with Crippen molar-refractivity contribution in [3.63, 3.8) is 0 Å². The summed E-state index contributed by atoms with van der Waals surface area (Å²) in [5.41, 5.74) is 6.10. The molecule has 0 aliphatic carbocycles. The highest BCUT2D eigenvalue weighted by atomic mass is 32.1. The largest absolute Gasteiger partial charge is 0.369 e. The summed E-state index contributed by atoms with van der Waals surface area (Å²) in [6.07, 6.45) is 1.33. The molecule has 0 aromatic carbocycles. The van der Waals surface area contributed by atoms with Gasteiger partial charge in [-0.25, -0.2) is 0 Å². The highest BCUT2D eigenvalue weighted by Gasteiger charge is 2.28. The standard InChI is InChI=1S/C16H21N3O2S/c1-10(2)19-13(9-12-5-8-22-16(12)19)15(21)18-6-3-11(4-7-18)14(17)20/h5,8-11H,3-4,6-7H2,1-2H3,(H2,17,20). The zero-order chi connectivity index (χ0) is 15.9. The number of likely N-dealkylation sites (tertiary alicyclic amines) is 1. The van der Waals surface area contributed by atoms with Gasteiger partial charge in [0, 0.05) is 30.4 Å². The van der Waals surface area contributed by atoms with E-state index in [2.05, 4.69) is 29.9 Å². The number of aromatic nitrogens is 1. The minimum atomic E-state index is -0.252. The minimum absolute atomic E-state index is 0.0556. The fourth-order valence-electron chi connectivity index (χ4n) is 3.15. The molecule has 6 heteroatoms. The number of nitrogens with two attached hydrogens (primary N) is 1. The van der Waals surface area contributed by atoms with Gasteiger partial charge in [-0.2, -0.15) is 0 Å². The Morgan fingerprint density at radius 1 is 1.32 bits per heavy atom. The normalized spacial score (nSPS) is 16.6. The Labute approximate surface area is 133 Å². The van der Waals surface area contributed by atoms with Gasteiger partial charge in [-0.05, 0) is 44.2 Å². The van der Waals surface area contributed by atoms with E-state index in [1.54, 1.807) is 11.3 Å². The van der Waals surface area contributed by atoms with Crippen LogP contribution in [-0.4, -0.2) is 34.4 Å². The van der Waals surface area contributed by atoms with Gasteiger partial charge in [0.1, 0.15) is 10.5 Å². The van der Waals surface area contributed by atoms with Crippen LogP contribution in [0, 0.1) is 5.92 Å². The second-order valence-electron chi connectivity index (χ2n) is 6.14. The van der Waals surface area contributed by atoms with Crippen LogP contribution >= 0.6 is 11.3 Å². The summed E-state index contributed by atoms with van der Waals surface area (Å²) in [6, 6.07) is 4.27. The molecule has 3 heterocycles. The average molecular weight is 319 g/mol. The Morgan fingerprint density at radius 3 is 2.59 bits per heavy atom. The number of thiophene rings is 1. The number of fused-ring (bicyclic) bond motifs is 1. The predicted octanol–water partition coefficient (Wildman–Crippen LogP) is 2.62. The van der Waals surface area contributed by atoms with E-state index in [-0.39, 0.29) is 23.8 Å². The SMILES string of the molecule is CC(C)n1c(C(=O)N2CCC(C(N)=O)CC2)cc2ccsc21. The van der Waals surface area contributed by atoms with Crippen molar-refractivity contribution < 1.29 is 9.59 Å². The lowest BCUT2D eigenvalue weighted by atomic mass is 9.96. The monoisotopic (exact) mass is 319 g/mol. The molecule has 5 nitrogen and oxygen atoms in total. The summed E-state index contributed by atoms with van der Waals surface area (Å²) in [5.74, 6) is -0.289. The summed E-state index contributed by atoms with van der Waals surface area (Å²) in [4.78, 5) is 27.1. The number of piperidine rings is 1. The molecule has 0 bridgehead atoms. The van der Waals surface area contributed by atoms with Gasteiger partial charge in [0.2, 0.25) is 5.91 Å². The van der Waals surface area contributed by atoms with E-state index in [1.165, 1.54) is 0 Å². The third-order valence-corrected chi connectivity index (χ3v) is 5.29. The lowest BCUT2D eigenvalue weighted by Gasteiger charge is -2.31. The van der Waals surface area contributed by atoms with E-state index in [1.807, 2.05) is 11.0 Å². The second-order valence-corrected chi connectivity index (χ2v) is 7.04. The molecule has 2 N–H and O–H groups in total. The molecule has 1 fully saturated rings. The number of rotatable bonds is 3. The van der Waals surface area contributed by atoms with Crippen LogP contribution in [0.25, 0.3) is 10.2 Å². The maximum Gasteiger partial charge on any atom is 0.270 e. The van der Waals surface area contributed by atoms with Crippen molar-refractivity contribution in [2.75, 3.05) is 13.1 Å². The van der Waals surface area contributed by atoms with Crippen LogP contribution in [-0.2, 0) is 4.79 Å². The number of hydrogen-bond donors (Lipinski definition) is 1. The topological polar surface area (TPSA) is 68.3 Å². The number of nitrogens with zero attached hydrogens (tertiary/aromatic N) is 2. The summed E-state index contributed by atoms with van der Waals surface area (Å²) in [7, 11) is 0. The number of primary amides is 1. The smallest absolute Gasteiger partial charge is 0.270 e. The third kappa shape index (κ3) is 2.52. The molecule has 3 rings (SSSR count). The van der Waals surface area contributed by atoms with Crippen molar-refractivity contribution >= 4 is 33.4 Å². The van der Waals surface area contributed by atoms with Gasteiger partial charge in [-0.15, -0.1) is 11.3 Å². The van der Waals surface area contributed by atoms with E-state index in [0.29, 0.717) is 25.9 Å². The molecular formula is C16H21N3O2S. The van der Waals surface area contributed by atoms with E-state index in [4.69, 9.17) is 5.73 Å². The molecule has 0 saturated carbocycles. The Kier molecular flexibility index (Phi) is 3.95. The molecule has 1 saturated heterocycles. The number of hydrogen-bond acceptors (Lipinski definition) is 3. The van der Waals surface area contributed by atoms with Crippen molar-refractivity contribution in [3.05, 3.63) is 23.2 Å². The molecular weight excluding hydrogens is 298 g/mol. The molecule has 0 unspecified atom stereocenters. The van der Waals surface area contributed by atoms with E-state index >= 15 is 0 Å². The second kappa shape index (κ2) is 5.76. The highest BCUT2D eigenvalue weighted by Crippen LogP contribution is 2.30. The van der Waals surface area contributed by atoms with Gasteiger partial charge in [-0.1, -0.05) is 0 Å². The third-order valence-electron chi connectivity index (χ3n) is 4.36. The molecule has 2 aromatic rings. The molecule has 0 atom stereocenters. The molecule has 0 radical (unpaired) electrons. The van der Waals surface area contributed by atoms with Crippen molar-refractivity contribution in [2.45, 2.75) is 32.7 Å². The Balaban J connectivity index is 1.85. The van der Waals surface area contributed by atoms with Crippen LogP contribution in [0.15, 0.2) is 17.5 Å². The van der Waals surface area contributed by atoms with Crippen LogP contribution in [0.3, 0.4) is 0 Å². The van der Waals surface area contributed by atoms with Crippen molar-refractivity contribution in [1.82, 2.24) is 9.47 Å². The van der Waals surface area contributed by atoms with E-state index in [0.717, 1.165) is 15.9 Å². The minimum Gasteiger partial charge on any atom is -0.369 e. The summed E-state index contributed by atoms with van der Waals surface area (Å²) >= 11 is 1.66. The molecule has 22 heavy (non-hydrogen) atoms. The van der Waals surface area contributed by atoms with Gasteiger partial charge >= 0.3 is 0 Å². The summed E-state index contributed by atoms with van der Waals surface area (Å²) in [5, 5.41) is 3.17. The first kappa shape index (κ1) is 15.1. The Hall–Kier alpha value is -1.82. The van der Waals surface area contributed by atoms with Crippen LogP contribution in [0.4, 0.5) is 0 Å². The van der Waals surface area contributed by atoms with Crippen LogP contribution < -0.4 is 5.73 Å². The van der Waals surface area contributed by atoms with Crippen molar-refractivity contribution in [3.8, 4) is 0 Å². The first-order valence-electron chi connectivity index (χ1n) is 7.66. The predicted molar refractivity (Wildman–Crippen MR) is 88.0 cm³/mol. The molecule has 1 aliphatic heterocycles. The molecule has 2 amide bonds. The van der Waals surface area contributed by atoms with Gasteiger partial charge < -0.3 is 15.2 Å². The van der Waals surface area contributed by atoms with E-state index < -0.39 is 0 Å². The lowest BCUT2D eigenvalue weighted by molar-refractivity contribution is -0.123. The maximum atomic E-state index is 12.9. The summed E-state index contributed by atoms with van der Waals surface area (Å²) in [6.45, 7) is 5.39. The van der Waals surface area contributed by atoms with Gasteiger partial charge in [0.15, 0.2) is 0 Å². The fourth-order valence-corrected chi connectivity index (χ4v) is 4.18. The van der Waals surface area contributed by atoms with Gasteiger partial charge in [0.05, 0.1) is 0 Å². The number of amides is 2. The molecule has 118 valence electrons. The Morgan fingerprint density at radius 2 is 2.00 bits per heavy atom. The van der Waals surface area contributed by atoms with Crippen molar-refractivity contribution in [1.29, 1.82) is 0 Å². The summed E-state index contributed by atoms with van der Waals surface area (Å²) < 4.78 is 2.11. The first-order valence-corrected chi connectivity index (χ1v) is 8.54. The van der Waals surface area contributed by atoms with Gasteiger partial charge in [-0.3, -0.25) is 9.59 Å². The van der Waals surface area contributed by atoms with Crippen LogP contribution in [0.5, 0.6) is 0 Å². The first-order chi connectivity index (χ1) is 10.5. The van der Waals surface area contributed by atoms with Crippen LogP contribution in [0.2, 0.25) is 0 Å². The quantitative estimate of drug-likeness (QED) is 0.945. The van der Waals surface area contributed by atoms with Crippen LogP contribution in [0.1, 0.15) is 43.2 Å². The Bertz CT molecular complexity index is 708. The zero-order valence-corrected chi connectivity index (χ0v) is 13.7. The zero-order valence-electron chi connectivity index (χ0n) is 12.9. The fraction of sp³-hybridized carbons (Fsp3) is 0.500. The molecule has 1 aliphatic rings. The maximum absolute atomic E-state index is 12.9. The molecule has 2 aromatic heterocycles. The average Bonchev–Trinajstić information content (AvgIpc) is 3.06. The van der Waals surface area contributed by atoms with E-state index in [9.17, 15) is 9.59 Å².